The van der Waals surface area contributed by atoms with Crippen molar-refractivity contribution in [3.8, 4) is 6.07 Å². The first-order valence-electron chi connectivity index (χ1n) is 5.10. The first-order valence-corrected chi connectivity index (χ1v) is 5.10. The second-order valence-electron chi connectivity index (χ2n) is 3.60. The molecule has 0 fully saturated rings. The van der Waals surface area contributed by atoms with E-state index in [-0.39, 0.29) is 24.9 Å². The molecular formula is C12H12F2N2O. The molecule has 0 aromatic heterocycles. The fourth-order valence-corrected chi connectivity index (χ4v) is 1.33. The van der Waals surface area contributed by atoms with Gasteiger partial charge in [-0.1, -0.05) is 6.07 Å². The van der Waals surface area contributed by atoms with Crippen molar-refractivity contribution in [1.29, 1.82) is 5.26 Å². The van der Waals surface area contributed by atoms with Gasteiger partial charge in [0.25, 0.3) is 0 Å². The molecule has 0 aliphatic carbocycles. The van der Waals surface area contributed by atoms with E-state index < -0.39 is 17.5 Å². The van der Waals surface area contributed by atoms with Gasteiger partial charge in [-0.05, 0) is 12.1 Å². The molecule has 1 rings (SSSR count). The molecule has 0 radical (unpaired) electrons. The predicted molar refractivity (Wildman–Crippen MR) is 57.9 cm³/mol. The van der Waals surface area contributed by atoms with Gasteiger partial charge < -0.3 is 4.90 Å². The first-order chi connectivity index (χ1) is 8.06. The summed E-state index contributed by atoms with van der Waals surface area (Å²) >= 11 is 0. The minimum absolute atomic E-state index is 0.196. The lowest BCUT2D eigenvalue weighted by molar-refractivity contribution is -0.129. The summed E-state index contributed by atoms with van der Waals surface area (Å²) in [5.74, 6) is -1.87. The Balaban J connectivity index is 2.72. The number of carbonyl (C=O) groups is 1. The Morgan fingerprint density at radius 2 is 2.00 bits per heavy atom. The molecule has 90 valence electrons. The summed E-state index contributed by atoms with van der Waals surface area (Å²) in [6, 6.07) is 5.37. The Bertz CT molecular complexity index is 434. The highest BCUT2D eigenvalue weighted by molar-refractivity contribution is 5.78. The molecular weight excluding hydrogens is 226 g/mol. The van der Waals surface area contributed by atoms with Crippen LogP contribution in [-0.2, 0) is 11.2 Å². The number of rotatable bonds is 4. The summed E-state index contributed by atoms with van der Waals surface area (Å²) in [6.07, 6.45) is -0.136. The van der Waals surface area contributed by atoms with E-state index in [1.807, 2.05) is 6.07 Å². The van der Waals surface area contributed by atoms with Gasteiger partial charge in [0.1, 0.15) is 11.6 Å². The number of likely N-dealkylation sites (N-methyl/N-ethyl adjacent to an activating group) is 1. The van der Waals surface area contributed by atoms with Crippen molar-refractivity contribution in [2.75, 3.05) is 13.6 Å². The van der Waals surface area contributed by atoms with Gasteiger partial charge in [-0.25, -0.2) is 8.78 Å². The van der Waals surface area contributed by atoms with Crippen LogP contribution in [0.25, 0.3) is 0 Å². The van der Waals surface area contributed by atoms with Crippen molar-refractivity contribution in [3.05, 3.63) is 35.4 Å². The molecule has 0 heterocycles. The molecule has 17 heavy (non-hydrogen) atoms. The highest BCUT2D eigenvalue weighted by Gasteiger charge is 2.15. The molecule has 0 saturated heterocycles. The van der Waals surface area contributed by atoms with Crippen LogP contribution in [0.3, 0.4) is 0 Å². The number of nitriles is 1. The molecule has 0 N–H and O–H groups in total. The van der Waals surface area contributed by atoms with Gasteiger partial charge in [0.05, 0.1) is 18.9 Å². The zero-order valence-corrected chi connectivity index (χ0v) is 9.41. The average molecular weight is 238 g/mol. The molecule has 0 spiro atoms. The minimum atomic E-state index is -0.730. The Kier molecular flexibility index (Phi) is 4.58. The molecule has 0 aliphatic heterocycles. The molecule has 0 aliphatic rings. The van der Waals surface area contributed by atoms with E-state index in [1.165, 1.54) is 18.0 Å². The highest BCUT2D eigenvalue weighted by Crippen LogP contribution is 2.13. The Hall–Kier alpha value is -1.96. The van der Waals surface area contributed by atoms with Gasteiger partial charge >= 0.3 is 0 Å². The zero-order chi connectivity index (χ0) is 12.8. The molecule has 3 nitrogen and oxygen atoms in total. The van der Waals surface area contributed by atoms with Gasteiger partial charge in [0, 0.05) is 19.2 Å². The van der Waals surface area contributed by atoms with Crippen molar-refractivity contribution < 1.29 is 13.6 Å². The van der Waals surface area contributed by atoms with Crippen molar-refractivity contribution in [2.24, 2.45) is 0 Å². The summed E-state index contributed by atoms with van der Waals surface area (Å²) in [4.78, 5) is 12.9. The minimum Gasteiger partial charge on any atom is -0.344 e. The summed E-state index contributed by atoms with van der Waals surface area (Å²) in [5, 5.41) is 8.37. The number of hydrogen-bond donors (Lipinski definition) is 0. The van der Waals surface area contributed by atoms with Crippen molar-refractivity contribution >= 4 is 5.91 Å². The fraction of sp³-hybridized carbons (Fsp3) is 0.333. The summed E-state index contributed by atoms with van der Waals surface area (Å²) in [7, 11) is 1.50. The van der Waals surface area contributed by atoms with Gasteiger partial charge in [0.15, 0.2) is 0 Å². The molecule has 0 unspecified atom stereocenters. The van der Waals surface area contributed by atoms with Gasteiger partial charge in [-0.2, -0.15) is 5.26 Å². The fourth-order valence-electron chi connectivity index (χ4n) is 1.33. The molecule has 0 bridgehead atoms. The van der Waals surface area contributed by atoms with Crippen LogP contribution in [0.4, 0.5) is 8.78 Å². The monoisotopic (exact) mass is 238 g/mol. The van der Waals surface area contributed by atoms with E-state index in [4.69, 9.17) is 5.26 Å². The lowest BCUT2D eigenvalue weighted by atomic mass is 10.1. The molecule has 1 aromatic carbocycles. The van der Waals surface area contributed by atoms with E-state index in [0.29, 0.717) is 0 Å². The van der Waals surface area contributed by atoms with Crippen molar-refractivity contribution in [1.82, 2.24) is 4.90 Å². The molecule has 5 heteroatoms. The summed E-state index contributed by atoms with van der Waals surface area (Å²) in [5.41, 5.74) is -0.235. The van der Waals surface area contributed by atoms with Crippen LogP contribution in [-0.4, -0.2) is 24.4 Å². The number of halogens is 2. The lowest BCUT2D eigenvalue weighted by Crippen LogP contribution is -2.29. The number of amides is 1. The van der Waals surface area contributed by atoms with E-state index >= 15 is 0 Å². The number of benzene rings is 1. The molecule has 1 amide bonds. The Morgan fingerprint density at radius 3 is 2.53 bits per heavy atom. The van der Waals surface area contributed by atoms with E-state index in [9.17, 15) is 13.6 Å². The normalized spacial score (nSPS) is 9.76. The lowest BCUT2D eigenvalue weighted by Gasteiger charge is -2.15. The predicted octanol–water partition coefficient (Wildman–Crippen LogP) is 1.88. The maximum atomic E-state index is 13.3. The first kappa shape index (κ1) is 13.1. The van der Waals surface area contributed by atoms with E-state index in [0.717, 1.165) is 12.1 Å². The Labute approximate surface area is 98.3 Å². The van der Waals surface area contributed by atoms with Gasteiger partial charge in [0.2, 0.25) is 5.91 Å². The third-order valence-corrected chi connectivity index (χ3v) is 2.37. The molecule has 0 saturated carbocycles. The summed E-state index contributed by atoms with van der Waals surface area (Å²) in [6.45, 7) is 0.255. The maximum absolute atomic E-state index is 13.3. The van der Waals surface area contributed by atoms with Crippen molar-refractivity contribution in [2.45, 2.75) is 12.8 Å². The largest absolute Gasteiger partial charge is 0.344 e. The van der Waals surface area contributed by atoms with Gasteiger partial charge in [-0.15, -0.1) is 0 Å². The molecule has 0 atom stereocenters. The maximum Gasteiger partial charge on any atom is 0.226 e. The Morgan fingerprint density at radius 1 is 1.41 bits per heavy atom. The second-order valence-corrected chi connectivity index (χ2v) is 3.60. The van der Waals surface area contributed by atoms with Gasteiger partial charge in [-0.3, -0.25) is 4.79 Å². The third kappa shape index (κ3) is 3.52. The average Bonchev–Trinajstić information content (AvgIpc) is 2.30. The molecule has 1 aromatic rings. The number of nitrogens with zero attached hydrogens (tertiary/aromatic N) is 2. The van der Waals surface area contributed by atoms with Crippen LogP contribution in [0.5, 0.6) is 0 Å². The number of carbonyl (C=O) groups excluding carboxylic acids is 1. The topological polar surface area (TPSA) is 44.1 Å². The second kappa shape index (κ2) is 5.94. The highest BCUT2D eigenvalue weighted by atomic mass is 19.1. The van der Waals surface area contributed by atoms with E-state index in [2.05, 4.69) is 0 Å². The standard InChI is InChI=1S/C12H12F2N2O/c1-16(7-3-6-15)12(17)8-9-10(13)4-2-5-11(9)14/h2,4-5H,3,7-8H2,1H3. The number of hydrogen-bond acceptors (Lipinski definition) is 2. The van der Waals surface area contributed by atoms with Crippen LogP contribution < -0.4 is 0 Å². The zero-order valence-electron chi connectivity index (χ0n) is 9.41. The van der Waals surface area contributed by atoms with E-state index in [1.54, 1.807) is 0 Å². The summed E-state index contributed by atoms with van der Waals surface area (Å²) < 4.78 is 26.5. The quantitative estimate of drug-likeness (QED) is 0.803. The van der Waals surface area contributed by atoms with Crippen LogP contribution >= 0.6 is 0 Å². The van der Waals surface area contributed by atoms with Crippen LogP contribution in [0.15, 0.2) is 18.2 Å². The van der Waals surface area contributed by atoms with Crippen LogP contribution in [0, 0.1) is 23.0 Å². The smallest absolute Gasteiger partial charge is 0.226 e. The van der Waals surface area contributed by atoms with Crippen LogP contribution in [0.2, 0.25) is 0 Å². The SMILES string of the molecule is CN(CCC#N)C(=O)Cc1c(F)cccc1F. The van der Waals surface area contributed by atoms with Crippen molar-refractivity contribution in [3.63, 3.8) is 0 Å². The third-order valence-electron chi connectivity index (χ3n) is 2.37. The van der Waals surface area contributed by atoms with Crippen LogP contribution in [0.1, 0.15) is 12.0 Å².